The molecule has 0 radical (unpaired) electrons. The van der Waals surface area contributed by atoms with E-state index < -0.39 is 50.2 Å². The highest BCUT2D eigenvalue weighted by atomic mass is 32.2. The summed E-state index contributed by atoms with van der Waals surface area (Å²) in [4.78, 5) is 22.8. The third-order valence-electron chi connectivity index (χ3n) is 3.33. The molecule has 0 fully saturated rings. The third-order valence-corrected chi connectivity index (χ3v) is 4.72. The molecule has 2 aromatic rings. The lowest BCUT2D eigenvalue weighted by Gasteiger charge is -2.11. The molecule has 1 aromatic heterocycles. The maximum absolute atomic E-state index is 12.7. The largest absolute Gasteiger partial charge is 0.417 e. The molecule has 0 aliphatic carbocycles. The number of rotatable bonds is 5. The van der Waals surface area contributed by atoms with Crippen LogP contribution in [0.25, 0.3) is 0 Å². The summed E-state index contributed by atoms with van der Waals surface area (Å²) < 4.78 is 86.0. The molecule has 1 aromatic carbocycles. The molecule has 1 N–H and O–H groups in total. The van der Waals surface area contributed by atoms with Crippen LogP contribution in [0.5, 0.6) is 0 Å². The van der Waals surface area contributed by atoms with E-state index >= 15 is 0 Å². The zero-order chi connectivity index (χ0) is 20.4. The van der Waals surface area contributed by atoms with Crippen molar-refractivity contribution in [2.24, 2.45) is 0 Å². The van der Waals surface area contributed by atoms with Gasteiger partial charge in [-0.15, -0.1) is 0 Å². The molecule has 0 spiro atoms. The number of anilines is 1. The number of hydrogen-bond donors (Lipinski definition) is 1. The molecule has 1 amide bonds. The standard InChI is InChI=1S/C15H11F5N2O4S/c16-14(17)27(25,26)11-4-2-10(3-5-11)21-12(23)8-22-7-9(15(18,19)20)1-6-13(22)24/h1-7,14H,8H2,(H,21,23). The first kappa shape index (κ1) is 20.6. The Morgan fingerprint density at radius 3 is 2.19 bits per heavy atom. The number of sulfone groups is 1. The molecule has 0 saturated carbocycles. The number of carbonyl (C=O) groups is 1. The molecule has 0 aliphatic rings. The maximum atomic E-state index is 12.7. The average Bonchev–Trinajstić information content (AvgIpc) is 2.56. The lowest BCUT2D eigenvalue weighted by Crippen LogP contribution is -2.28. The van der Waals surface area contributed by atoms with E-state index in [1.165, 1.54) is 0 Å². The lowest BCUT2D eigenvalue weighted by atomic mass is 10.2. The zero-order valence-corrected chi connectivity index (χ0v) is 14.0. The van der Waals surface area contributed by atoms with Gasteiger partial charge in [0, 0.05) is 18.0 Å². The van der Waals surface area contributed by atoms with Crippen molar-refractivity contribution in [3.05, 3.63) is 58.5 Å². The molecule has 1 heterocycles. The third kappa shape index (κ3) is 4.90. The average molecular weight is 410 g/mol. The summed E-state index contributed by atoms with van der Waals surface area (Å²) in [6.45, 7) is -0.736. The second kappa shape index (κ2) is 7.47. The molecule has 2 rings (SSSR count). The summed E-state index contributed by atoms with van der Waals surface area (Å²) in [7, 11) is -4.79. The van der Waals surface area contributed by atoms with Crippen molar-refractivity contribution in [1.82, 2.24) is 4.57 Å². The van der Waals surface area contributed by atoms with E-state index in [0.29, 0.717) is 22.9 Å². The van der Waals surface area contributed by atoms with Crippen molar-refractivity contribution in [2.75, 3.05) is 5.32 Å². The Labute approximate surface area is 149 Å². The molecule has 27 heavy (non-hydrogen) atoms. The number of nitrogens with one attached hydrogen (secondary N) is 1. The fourth-order valence-corrected chi connectivity index (χ4v) is 2.73. The lowest BCUT2D eigenvalue weighted by molar-refractivity contribution is -0.138. The molecule has 0 bridgehead atoms. The highest BCUT2D eigenvalue weighted by Crippen LogP contribution is 2.28. The van der Waals surface area contributed by atoms with Gasteiger partial charge < -0.3 is 9.88 Å². The second-order valence-electron chi connectivity index (χ2n) is 5.26. The van der Waals surface area contributed by atoms with Crippen molar-refractivity contribution >= 4 is 21.4 Å². The number of nitrogens with zero attached hydrogens (tertiary/aromatic N) is 1. The van der Waals surface area contributed by atoms with E-state index in [2.05, 4.69) is 5.32 Å². The van der Waals surface area contributed by atoms with Crippen LogP contribution in [0.2, 0.25) is 0 Å². The Hall–Kier alpha value is -2.76. The topological polar surface area (TPSA) is 85.2 Å². The Morgan fingerprint density at radius 2 is 1.67 bits per heavy atom. The Morgan fingerprint density at radius 1 is 1.07 bits per heavy atom. The Kier molecular flexibility index (Phi) is 5.68. The van der Waals surface area contributed by atoms with Gasteiger partial charge in [0.15, 0.2) is 0 Å². The van der Waals surface area contributed by atoms with Crippen molar-refractivity contribution in [3.8, 4) is 0 Å². The number of amides is 1. The van der Waals surface area contributed by atoms with Gasteiger partial charge in [0.25, 0.3) is 5.56 Å². The van der Waals surface area contributed by atoms with Crippen molar-refractivity contribution in [1.29, 1.82) is 0 Å². The molecule has 146 valence electrons. The highest BCUT2D eigenvalue weighted by Gasteiger charge is 2.31. The van der Waals surface area contributed by atoms with Crippen LogP contribution in [-0.4, -0.2) is 24.6 Å². The van der Waals surface area contributed by atoms with E-state index in [0.717, 1.165) is 24.3 Å². The van der Waals surface area contributed by atoms with Gasteiger partial charge in [-0.2, -0.15) is 22.0 Å². The van der Waals surface area contributed by atoms with E-state index in [1.54, 1.807) is 0 Å². The fourth-order valence-electron chi connectivity index (χ4n) is 2.01. The molecule has 0 aliphatic heterocycles. The van der Waals surface area contributed by atoms with Crippen molar-refractivity contribution in [3.63, 3.8) is 0 Å². The summed E-state index contributed by atoms with van der Waals surface area (Å²) >= 11 is 0. The number of alkyl halides is 5. The number of aromatic nitrogens is 1. The molecule has 0 atom stereocenters. The van der Waals surface area contributed by atoms with Crippen molar-refractivity contribution in [2.45, 2.75) is 23.4 Å². The number of pyridine rings is 1. The quantitative estimate of drug-likeness (QED) is 0.768. The molecule has 0 unspecified atom stereocenters. The van der Waals surface area contributed by atoms with Crippen LogP contribution in [0.15, 0.2) is 52.3 Å². The number of carbonyl (C=O) groups excluding carboxylic acids is 1. The van der Waals surface area contributed by atoms with Crippen LogP contribution in [0.3, 0.4) is 0 Å². The van der Waals surface area contributed by atoms with Gasteiger partial charge in [-0.3, -0.25) is 9.59 Å². The van der Waals surface area contributed by atoms with Crippen LogP contribution in [0.4, 0.5) is 27.6 Å². The molecular weight excluding hydrogens is 399 g/mol. The number of benzene rings is 1. The molecule has 6 nitrogen and oxygen atoms in total. The monoisotopic (exact) mass is 410 g/mol. The van der Waals surface area contributed by atoms with Gasteiger partial charge >= 0.3 is 11.9 Å². The fraction of sp³-hybridized carbons (Fsp3) is 0.200. The normalized spacial score (nSPS) is 12.2. The summed E-state index contributed by atoms with van der Waals surface area (Å²) in [6, 6.07) is 4.99. The first-order chi connectivity index (χ1) is 12.4. The van der Waals surface area contributed by atoms with Gasteiger partial charge in [-0.05, 0) is 30.3 Å². The predicted molar refractivity (Wildman–Crippen MR) is 84.0 cm³/mol. The summed E-state index contributed by atoms with van der Waals surface area (Å²) in [6.07, 6.45) is -4.21. The Bertz CT molecular complexity index is 998. The van der Waals surface area contributed by atoms with Crippen LogP contribution in [-0.2, 0) is 27.4 Å². The molecule has 12 heteroatoms. The van der Waals surface area contributed by atoms with Crippen LogP contribution < -0.4 is 10.9 Å². The molecular formula is C15H11F5N2O4S. The second-order valence-corrected chi connectivity index (χ2v) is 7.18. The first-order valence-electron chi connectivity index (χ1n) is 7.11. The summed E-state index contributed by atoms with van der Waals surface area (Å²) in [5.74, 6) is -4.48. The van der Waals surface area contributed by atoms with E-state index in [-0.39, 0.29) is 5.69 Å². The van der Waals surface area contributed by atoms with Gasteiger partial charge in [0.05, 0.1) is 10.5 Å². The smallest absolute Gasteiger partial charge is 0.325 e. The van der Waals surface area contributed by atoms with Crippen LogP contribution in [0.1, 0.15) is 5.56 Å². The van der Waals surface area contributed by atoms with Gasteiger partial charge in [-0.1, -0.05) is 0 Å². The highest BCUT2D eigenvalue weighted by molar-refractivity contribution is 7.91. The van der Waals surface area contributed by atoms with Gasteiger partial charge in [-0.25, -0.2) is 8.42 Å². The van der Waals surface area contributed by atoms with E-state index in [9.17, 15) is 40.0 Å². The van der Waals surface area contributed by atoms with E-state index in [1.807, 2.05) is 0 Å². The predicted octanol–water partition coefficient (Wildman–Crippen LogP) is 2.50. The van der Waals surface area contributed by atoms with Gasteiger partial charge in [0.2, 0.25) is 15.7 Å². The van der Waals surface area contributed by atoms with Crippen molar-refractivity contribution < 1.29 is 35.2 Å². The van der Waals surface area contributed by atoms with E-state index in [4.69, 9.17) is 0 Å². The Balaban J connectivity index is 2.14. The minimum atomic E-state index is -4.79. The zero-order valence-electron chi connectivity index (χ0n) is 13.2. The van der Waals surface area contributed by atoms with Crippen LogP contribution in [0, 0.1) is 0 Å². The SMILES string of the molecule is O=C(Cn1cc(C(F)(F)F)ccc1=O)Nc1ccc(S(=O)(=O)C(F)F)cc1. The van der Waals surface area contributed by atoms with Gasteiger partial charge in [0.1, 0.15) is 6.54 Å². The minimum absolute atomic E-state index is 0.00763. The first-order valence-corrected chi connectivity index (χ1v) is 8.65. The number of hydrogen-bond acceptors (Lipinski definition) is 4. The minimum Gasteiger partial charge on any atom is -0.325 e. The summed E-state index contributed by atoms with van der Waals surface area (Å²) in [5.41, 5.74) is -1.94. The van der Waals surface area contributed by atoms with Crippen LogP contribution >= 0.6 is 0 Å². The maximum Gasteiger partial charge on any atom is 0.417 e. The number of halogens is 5. The molecule has 0 saturated heterocycles. The summed E-state index contributed by atoms with van der Waals surface area (Å²) in [5, 5.41) is 2.22.